The minimum Gasteiger partial charge on any atom is -0.486 e. The number of hydrogen-bond donors (Lipinski definition) is 0. The lowest BCUT2D eigenvalue weighted by atomic mass is 10.1. The van der Waals surface area contributed by atoms with Crippen LogP contribution in [0.2, 0.25) is 0 Å². The number of fused-ring (bicyclic) bond motifs is 1. The van der Waals surface area contributed by atoms with Crippen molar-refractivity contribution in [1.29, 1.82) is 0 Å². The second-order valence-electron chi connectivity index (χ2n) is 4.68. The largest absolute Gasteiger partial charge is 0.486 e. The van der Waals surface area contributed by atoms with Crippen molar-refractivity contribution in [3.63, 3.8) is 0 Å². The average molecular weight is 290 g/mol. The number of benzene rings is 1. The minimum atomic E-state index is -0.563. The summed E-state index contributed by atoms with van der Waals surface area (Å²) in [5, 5.41) is 0. The molecule has 0 radical (unpaired) electrons. The zero-order chi connectivity index (χ0) is 14.7. The van der Waals surface area contributed by atoms with Crippen LogP contribution in [0.4, 0.5) is 4.39 Å². The summed E-state index contributed by atoms with van der Waals surface area (Å²) in [6.07, 6.45) is 2.30. The molecule has 21 heavy (non-hydrogen) atoms. The summed E-state index contributed by atoms with van der Waals surface area (Å²) in [5.41, 5.74) is 0. The van der Waals surface area contributed by atoms with Crippen LogP contribution in [-0.4, -0.2) is 29.8 Å². The van der Waals surface area contributed by atoms with Crippen molar-refractivity contribution in [3.8, 4) is 17.4 Å². The van der Waals surface area contributed by atoms with E-state index >= 15 is 0 Å². The fourth-order valence-electron chi connectivity index (χ4n) is 2.14. The number of rotatable bonds is 4. The van der Waals surface area contributed by atoms with Gasteiger partial charge in [-0.1, -0.05) is 12.1 Å². The Labute approximate surface area is 121 Å². The van der Waals surface area contributed by atoms with Crippen molar-refractivity contribution in [1.82, 2.24) is 9.97 Å². The maximum absolute atomic E-state index is 13.2. The molecule has 0 spiro atoms. The quantitative estimate of drug-likeness (QED) is 0.865. The summed E-state index contributed by atoms with van der Waals surface area (Å²) in [7, 11) is 1.38. The van der Waals surface area contributed by atoms with E-state index in [9.17, 15) is 4.39 Å². The van der Waals surface area contributed by atoms with Gasteiger partial charge in [0.1, 0.15) is 18.5 Å². The molecule has 1 atom stereocenters. The number of aromatic nitrogens is 2. The smallest absolute Gasteiger partial charge is 0.253 e. The second-order valence-corrected chi connectivity index (χ2v) is 4.68. The number of aryl methyl sites for hydroxylation is 1. The molecule has 0 saturated heterocycles. The molecule has 1 aliphatic heterocycles. The SMILES string of the molecule is COc1nc(CCC2COc3ccccc3O2)ncc1F. The maximum atomic E-state index is 13.2. The normalized spacial score (nSPS) is 16.6. The summed E-state index contributed by atoms with van der Waals surface area (Å²) in [4.78, 5) is 7.97. The van der Waals surface area contributed by atoms with Crippen LogP contribution in [0.25, 0.3) is 0 Å². The third-order valence-electron chi connectivity index (χ3n) is 3.21. The molecule has 1 aromatic heterocycles. The third kappa shape index (κ3) is 3.04. The number of ether oxygens (including phenoxy) is 3. The Morgan fingerprint density at radius 3 is 2.95 bits per heavy atom. The van der Waals surface area contributed by atoms with Crippen LogP contribution in [0.3, 0.4) is 0 Å². The monoisotopic (exact) mass is 290 g/mol. The molecular formula is C15H15FN2O3. The molecule has 110 valence electrons. The van der Waals surface area contributed by atoms with Crippen molar-refractivity contribution in [3.05, 3.63) is 42.1 Å². The Morgan fingerprint density at radius 2 is 2.14 bits per heavy atom. The standard InChI is InChI=1S/C15H15FN2O3/c1-19-15-11(16)8-17-14(18-15)7-6-10-9-20-12-4-2-3-5-13(12)21-10/h2-5,8,10H,6-7,9H2,1H3. The molecule has 1 aliphatic rings. The molecule has 1 unspecified atom stereocenters. The molecule has 1 aromatic carbocycles. The highest BCUT2D eigenvalue weighted by Gasteiger charge is 2.21. The van der Waals surface area contributed by atoms with Gasteiger partial charge < -0.3 is 14.2 Å². The molecule has 5 nitrogen and oxygen atoms in total. The topological polar surface area (TPSA) is 53.5 Å². The van der Waals surface area contributed by atoms with Gasteiger partial charge in [-0.2, -0.15) is 9.37 Å². The number of halogens is 1. The van der Waals surface area contributed by atoms with Crippen molar-refractivity contribution in [2.24, 2.45) is 0 Å². The molecule has 0 N–H and O–H groups in total. The number of methoxy groups -OCH3 is 1. The number of hydrogen-bond acceptors (Lipinski definition) is 5. The van der Waals surface area contributed by atoms with Gasteiger partial charge in [-0.15, -0.1) is 0 Å². The van der Waals surface area contributed by atoms with Crippen molar-refractivity contribution in [2.45, 2.75) is 18.9 Å². The highest BCUT2D eigenvalue weighted by Crippen LogP contribution is 2.31. The van der Waals surface area contributed by atoms with E-state index in [1.54, 1.807) is 0 Å². The van der Waals surface area contributed by atoms with Gasteiger partial charge in [0, 0.05) is 6.42 Å². The minimum absolute atomic E-state index is 0.0360. The first-order valence-corrected chi connectivity index (χ1v) is 6.70. The fourth-order valence-corrected chi connectivity index (χ4v) is 2.14. The molecular weight excluding hydrogens is 275 g/mol. The van der Waals surface area contributed by atoms with Gasteiger partial charge in [-0.3, -0.25) is 0 Å². The van der Waals surface area contributed by atoms with Gasteiger partial charge in [-0.05, 0) is 18.6 Å². The zero-order valence-electron chi connectivity index (χ0n) is 11.6. The molecule has 6 heteroatoms. The Hall–Kier alpha value is -2.37. The van der Waals surface area contributed by atoms with Gasteiger partial charge in [0.05, 0.1) is 13.3 Å². The summed E-state index contributed by atoms with van der Waals surface area (Å²) >= 11 is 0. The van der Waals surface area contributed by atoms with Gasteiger partial charge >= 0.3 is 0 Å². The van der Waals surface area contributed by atoms with E-state index in [1.807, 2.05) is 24.3 Å². The molecule has 3 rings (SSSR count). The van der Waals surface area contributed by atoms with Gasteiger partial charge in [0.15, 0.2) is 11.5 Å². The average Bonchev–Trinajstić information content (AvgIpc) is 2.54. The van der Waals surface area contributed by atoms with Crippen LogP contribution < -0.4 is 14.2 Å². The van der Waals surface area contributed by atoms with E-state index in [-0.39, 0.29) is 12.0 Å². The third-order valence-corrected chi connectivity index (χ3v) is 3.21. The van der Waals surface area contributed by atoms with Crippen LogP contribution in [0.5, 0.6) is 17.4 Å². The first-order valence-electron chi connectivity index (χ1n) is 6.70. The van der Waals surface area contributed by atoms with Crippen LogP contribution in [-0.2, 0) is 6.42 Å². The van der Waals surface area contributed by atoms with E-state index in [0.717, 1.165) is 17.7 Å². The lowest BCUT2D eigenvalue weighted by Crippen LogP contribution is -2.29. The lowest BCUT2D eigenvalue weighted by molar-refractivity contribution is 0.0847. The fraction of sp³-hybridized carbons (Fsp3) is 0.333. The molecule has 0 saturated carbocycles. The summed E-state index contributed by atoms with van der Waals surface area (Å²) in [6, 6.07) is 7.55. The Kier molecular flexibility index (Phi) is 3.85. The van der Waals surface area contributed by atoms with E-state index in [2.05, 4.69) is 9.97 Å². The van der Waals surface area contributed by atoms with Crippen LogP contribution in [0, 0.1) is 5.82 Å². The number of nitrogens with zero attached hydrogens (tertiary/aromatic N) is 2. The van der Waals surface area contributed by atoms with Gasteiger partial charge in [0.25, 0.3) is 5.88 Å². The Morgan fingerprint density at radius 1 is 1.33 bits per heavy atom. The Balaban J connectivity index is 1.61. The van der Waals surface area contributed by atoms with Crippen LogP contribution in [0.15, 0.2) is 30.5 Å². The maximum Gasteiger partial charge on any atom is 0.253 e. The predicted molar refractivity (Wildman–Crippen MR) is 73.2 cm³/mol. The molecule has 0 aliphatic carbocycles. The van der Waals surface area contributed by atoms with Crippen molar-refractivity contribution >= 4 is 0 Å². The highest BCUT2D eigenvalue weighted by molar-refractivity contribution is 5.40. The highest BCUT2D eigenvalue weighted by atomic mass is 19.1. The van der Waals surface area contributed by atoms with Crippen LogP contribution in [0.1, 0.15) is 12.2 Å². The molecule has 0 fully saturated rings. The second kappa shape index (κ2) is 5.95. The summed E-state index contributed by atoms with van der Waals surface area (Å²) < 4.78 is 29.6. The van der Waals surface area contributed by atoms with E-state index in [1.165, 1.54) is 7.11 Å². The molecule has 2 heterocycles. The lowest BCUT2D eigenvalue weighted by Gasteiger charge is -2.26. The Bertz CT molecular complexity index is 636. The summed E-state index contributed by atoms with van der Waals surface area (Å²) in [5.74, 6) is 1.43. The van der Waals surface area contributed by atoms with E-state index < -0.39 is 5.82 Å². The summed E-state index contributed by atoms with van der Waals surface area (Å²) in [6.45, 7) is 0.481. The predicted octanol–water partition coefficient (Wildman–Crippen LogP) is 2.40. The van der Waals surface area contributed by atoms with Crippen molar-refractivity contribution < 1.29 is 18.6 Å². The first-order chi connectivity index (χ1) is 10.3. The van der Waals surface area contributed by atoms with E-state index in [0.29, 0.717) is 25.3 Å². The number of para-hydroxylation sites is 2. The van der Waals surface area contributed by atoms with Gasteiger partial charge in [-0.25, -0.2) is 4.98 Å². The van der Waals surface area contributed by atoms with Crippen molar-refractivity contribution in [2.75, 3.05) is 13.7 Å². The molecule has 2 aromatic rings. The molecule has 0 amide bonds. The van der Waals surface area contributed by atoms with E-state index in [4.69, 9.17) is 14.2 Å². The van der Waals surface area contributed by atoms with Gasteiger partial charge in [0.2, 0.25) is 5.82 Å². The zero-order valence-corrected chi connectivity index (χ0v) is 11.6. The molecule has 0 bridgehead atoms. The first kappa shape index (κ1) is 13.6. The van der Waals surface area contributed by atoms with Crippen LogP contribution >= 0.6 is 0 Å².